The minimum absolute atomic E-state index is 0.0633. The zero-order valence-electron chi connectivity index (χ0n) is 12.0. The van der Waals surface area contributed by atoms with E-state index in [-0.39, 0.29) is 35.1 Å². The van der Waals surface area contributed by atoms with Gasteiger partial charge in [0.25, 0.3) is 5.22 Å². The van der Waals surface area contributed by atoms with E-state index in [1.807, 2.05) is 13.8 Å². The van der Waals surface area contributed by atoms with Gasteiger partial charge in [0.2, 0.25) is 11.8 Å². The molecule has 1 saturated heterocycles. The molecule has 7 nitrogen and oxygen atoms in total. The van der Waals surface area contributed by atoms with Gasteiger partial charge in [0.1, 0.15) is 0 Å². The Balaban J connectivity index is 1.85. The van der Waals surface area contributed by atoms with Crippen LogP contribution in [0.4, 0.5) is 0 Å². The third-order valence-electron chi connectivity index (χ3n) is 3.35. The van der Waals surface area contributed by atoms with Crippen LogP contribution >= 0.6 is 11.8 Å². The minimum atomic E-state index is -2.98. The van der Waals surface area contributed by atoms with Crippen molar-refractivity contribution < 1.29 is 17.6 Å². The second kappa shape index (κ2) is 6.78. The van der Waals surface area contributed by atoms with Gasteiger partial charge in [-0.3, -0.25) is 4.79 Å². The molecule has 0 unspecified atom stereocenters. The van der Waals surface area contributed by atoms with Crippen LogP contribution in [0, 0.1) is 0 Å². The van der Waals surface area contributed by atoms with Crippen molar-refractivity contribution in [3.8, 4) is 0 Å². The van der Waals surface area contributed by atoms with Gasteiger partial charge in [0, 0.05) is 6.04 Å². The fraction of sp³-hybridized carbons (Fsp3) is 0.750. The summed E-state index contributed by atoms with van der Waals surface area (Å²) >= 11 is 1.16. The monoisotopic (exact) mass is 333 g/mol. The largest absolute Gasteiger partial charge is 0.416 e. The van der Waals surface area contributed by atoms with Gasteiger partial charge >= 0.3 is 0 Å². The van der Waals surface area contributed by atoms with Crippen LogP contribution in [0.5, 0.6) is 0 Å². The van der Waals surface area contributed by atoms with Crippen LogP contribution in [0.1, 0.15) is 38.5 Å². The molecule has 0 bridgehead atoms. The molecule has 1 fully saturated rings. The highest BCUT2D eigenvalue weighted by molar-refractivity contribution is 7.99. The summed E-state index contributed by atoms with van der Waals surface area (Å²) in [4.78, 5) is 11.6. The van der Waals surface area contributed by atoms with Crippen molar-refractivity contribution in [2.75, 3.05) is 17.3 Å². The van der Waals surface area contributed by atoms with E-state index in [4.69, 9.17) is 4.42 Å². The molecule has 0 aromatic carbocycles. The number of rotatable bonds is 6. The Kier molecular flexibility index (Phi) is 5.26. The van der Waals surface area contributed by atoms with Gasteiger partial charge in [-0.1, -0.05) is 18.7 Å². The molecule has 0 spiro atoms. The van der Waals surface area contributed by atoms with Gasteiger partial charge < -0.3 is 9.73 Å². The molecule has 1 aliphatic rings. The van der Waals surface area contributed by atoms with E-state index in [9.17, 15) is 13.2 Å². The summed E-state index contributed by atoms with van der Waals surface area (Å²) in [5.74, 6) is 0.479. The molecule has 1 aliphatic heterocycles. The van der Waals surface area contributed by atoms with Crippen molar-refractivity contribution in [2.24, 2.45) is 0 Å². The molecule has 21 heavy (non-hydrogen) atoms. The molecule has 2 atom stereocenters. The molecular weight excluding hydrogens is 314 g/mol. The van der Waals surface area contributed by atoms with Gasteiger partial charge in [-0.25, -0.2) is 8.42 Å². The summed E-state index contributed by atoms with van der Waals surface area (Å²) in [6.07, 6.45) is 1.39. The smallest absolute Gasteiger partial charge is 0.277 e. The van der Waals surface area contributed by atoms with Gasteiger partial charge in [-0.15, -0.1) is 10.2 Å². The van der Waals surface area contributed by atoms with Crippen LogP contribution in [0.3, 0.4) is 0 Å². The van der Waals surface area contributed by atoms with Crippen molar-refractivity contribution in [3.63, 3.8) is 0 Å². The number of nitrogens with one attached hydrogen (secondary N) is 1. The number of carbonyl (C=O) groups excluding carboxylic acids is 1. The number of amides is 1. The first-order chi connectivity index (χ1) is 9.89. The summed E-state index contributed by atoms with van der Waals surface area (Å²) in [5.41, 5.74) is 0. The summed E-state index contributed by atoms with van der Waals surface area (Å²) in [7, 11) is -2.98. The van der Waals surface area contributed by atoms with Gasteiger partial charge in [0.15, 0.2) is 9.84 Å². The summed E-state index contributed by atoms with van der Waals surface area (Å²) in [6.45, 7) is 3.94. The van der Waals surface area contributed by atoms with Crippen LogP contribution in [-0.2, 0) is 14.6 Å². The number of hydrogen-bond donors (Lipinski definition) is 1. The van der Waals surface area contributed by atoms with E-state index in [1.54, 1.807) is 0 Å². The molecule has 118 valence electrons. The van der Waals surface area contributed by atoms with Crippen molar-refractivity contribution in [2.45, 2.75) is 43.9 Å². The summed E-state index contributed by atoms with van der Waals surface area (Å²) in [5, 5.41) is 10.9. The molecule has 9 heteroatoms. The first kappa shape index (κ1) is 16.3. The summed E-state index contributed by atoms with van der Waals surface area (Å²) in [6, 6.07) is 0.139. The lowest BCUT2D eigenvalue weighted by molar-refractivity contribution is -0.119. The molecular formula is C12H19N3O4S2. The Hall–Kier alpha value is -1.09. The van der Waals surface area contributed by atoms with Crippen LogP contribution in [0.25, 0.3) is 0 Å². The third kappa shape index (κ3) is 4.70. The molecule has 2 heterocycles. The van der Waals surface area contributed by atoms with Crippen molar-refractivity contribution >= 4 is 27.5 Å². The van der Waals surface area contributed by atoms with Crippen molar-refractivity contribution in [1.82, 2.24) is 15.5 Å². The van der Waals surface area contributed by atoms with Crippen LogP contribution in [0.2, 0.25) is 0 Å². The lowest BCUT2D eigenvalue weighted by Gasteiger charge is -2.09. The highest BCUT2D eigenvalue weighted by Gasteiger charge is 2.32. The lowest BCUT2D eigenvalue weighted by Crippen LogP contribution is -2.33. The Morgan fingerprint density at radius 1 is 1.52 bits per heavy atom. The van der Waals surface area contributed by atoms with Crippen molar-refractivity contribution in [3.05, 3.63) is 5.89 Å². The van der Waals surface area contributed by atoms with Gasteiger partial charge in [-0.2, -0.15) is 0 Å². The highest BCUT2D eigenvalue weighted by atomic mass is 32.2. The first-order valence-electron chi connectivity index (χ1n) is 6.85. The zero-order valence-corrected chi connectivity index (χ0v) is 13.7. The van der Waals surface area contributed by atoms with Gasteiger partial charge in [0.05, 0.1) is 23.2 Å². The average Bonchev–Trinajstić information content (AvgIpc) is 3.02. The highest BCUT2D eigenvalue weighted by Crippen LogP contribution is 2.29. The number of hydrogen-bond acceptors (Lipinski definition) is 7. The lowest BCUT2D eigenvalue weighted by atomic mass is 10.1. The maximum atomic E-state index is 11.6. The van der Waals surface area contributed by atoms with Crippen LogP contribution < -0.4 is 5.32 Å². The number of carbonyl (C=O) groups is 1. The van der Waals surface area contributed by atoms with E-state index in [0.717, 1.165) is 18.2 Å². The number of sulfone groups is 1. The summed E-state index contributed by atoms with van der Waals surface area (Å²) < 4.78 is 28.3. The molecule has 0 saturated carbocycles. The molecule has 2 rings (SSSR count). The minimum Gasteiger partial charge on any atom is -0.416 e. The second-order valence-corrected chi connectivity index (χ2v) is 8.33. The molecule has 1 aromatic heterocycles. The Labute approximate surface area is 128 Å². The topological polar surface area (TPSA) is 102 Å². The quantitative estimate of drug-likeness (QED) is 0.774. The predicted molar refractivity (Wildman–Crippen MR) is 78.9 cm³/mol. The van der Waals surface area contributed by atoms with E-state index >= 15 is 0 Å². The average molecular weight is 333 g/mol. The van der Waals surface area contributed by atoms with Crippen LogP contribution in [-0.4, -0.2) is 47.8 Å². The predicted octanol–water partition coefficient (Wildman–Crippen LogP) is 0.979. The first-order valence-corrected chi connectivity index (χ1v) is 9.66. The normalized spacial score (nSPS) is 22.1. The van der Waals surface area contributed by atoms with E-state index in [1.165, 1.54) is 0 Å². The number of thioether (sulfide) groups is 1. The Morgan fingerprint density at radius 2 is 2.29 bits per heavy atom. The SMILES string of the molecule is CC[C@@H](C)NC(=O)CSc1nnc([C@H]2CCS(=O)(=O)C2)o1. The van der Waals surface area contributed by atoms with Crippen molar-refractivity contribution in [1.29, 1.82) is 0 Å². The number of aromatic nitrogens is 2. The molecule has 0 radical (unpaired) electrons. The second-order valence-electron chi connectivity index (χ2n) is 5.17. The van der Waals surface area contributed by atoms with E-state index in [2.05, 4.69) is 15.5 Å². The maximum absolute atomic E-state index is 11.6. The Bertz CT molecular complexity index is 599. The molecule has 1 N–H and O–H groups in total. The van der Waals surface area contributed by atoms with Crippen LogP contribution in [0.15, 0.2) is 9.64 Å². The zero-order chi connectivity index (χ0) is 15.5. The van der Waals surface area contributed by atoms with E-state index in [0.29, 0.717) is 17.5 Å². The van der Waals surface area contributed by atoms with Gasteiger partial charge in [-0.05, 0) is 19.8 Å². The Morgan fingerprint density at radius 3 is 2.90 bits per heavy atom. The third-order valence-corrected chi connectivity index (χ3v) is 5.94. The fourth-order valence-electron chi connectivity index (χ4n) is 1.98. The van der Waals surface area contributed by atoms with E-state index < -0.39 is 9.84 Å². The fourth-order valence-corrected chi connectivity index (χ4v) is 4.29. The molecule has 1 aromatic rings. The molecule has 0 aliphatic carbocycles. The number of nitrogens with zero attached hydrogens (tertiary/aromatic N) is 2. The maximum Gasteiger partial charge on any atom is 0.277 e. The molecule has 1 amide bonds. The standard InChI is InChI=1S/C12H19N3O4S2/c1-3-8(2)13-10(16)6-20-12-15-14-11(19-12)9-4-5-21(17,18)7-9/h8-9H,3-7H2,1-2H3,(H,13,16)/t8-,9+/m1/s1.